The van der Waals surface area contributed by atoms with Crippen LogP contribution in [0.3, 0.4) is 0 Å². The minimum atomic E-state index is -0.387. The quantitative estimate of drug-likeness (QED) is 0.892. The number of hydrogen-bond acceptors (Lipinski definition) is 3. The lowest BCUT2D eigenvalue weighted by atomic mass is 9.94. The second-order valence-corrected chi connectivity index (χ2v) is 5.85. The maximum absolute atomic E-state index is 12.0. The van der Waals surface area contributed by atoms with Gasteiger partial charge in [-0.2, -0.15) is 0 Å². The molecule has 4 nitrogen and oxygen atoms in total. The van der Waals surface area contributed by atoms with Crippen LogP contribution in [-0.2, 0) is 4.79 Å². The summed E-state index contributed by atoms with van der Waals surface area (Å²) in [6.45, 7) is 8.83. The van der Waals surface area contributed by atoms with Crippen LogP contribution >= 0.6 is 0 Å². The number of benzene rings is 1. The summed E-state index contributed by atoms with van der Waals surface area (Å²) in [5.74, 6) is 1.56. The lowest BCUT2D eigenvalue weighted by Crippen LogP contribution is -2.36. The highest BCUT2D eigenvalue weighted by atomic mass is 16.6. The van der Waals surface area contributed by atoms with E-state index in [0.717, 1.165) is 17.1 Å². The first-order valence-electron chi connectivity index (χ1n) is 6.58. The maximum Gasteiger partial charge on any atom is 0.225 e. The molecule has 0 aliphatic carbocycles. The van der Waals surface area contributed by atoms with Crippen molar-refractivity contribution in [1.29, 1.82) is 0 Å². The molecule has 0 fully saturated rings. The second kappa shape index (κ2) is 5.11. The fourth-order valence-corrected chi connectivity index (χ4v) is 1.83. The fraction of sp³-hybridized carbons (Fsp3) is 0.533. The van der Waals surface area contributed by atoms with E-state index >= 15 is 0 Å². The first-order valence-corrected chi connectivity index (χ1v) is 6.58. The number of fused-ring (bicyclic) bond motifs is 1. The van der Waals surface area contributed by atoms with E-state index in [9.17, 15) is 4.79 Å². The van der Waals surface area contributed by atoms with Crippen LogP contribution in [0.2, 0.25) is 0 Å². The normalized spacial score (nSPS) is 15.8. The molecule has 0 radical (unpaired) electrons. The van der Waals surface area contributed by atoms with Crippen molar-refractivity contribution in [2.45, 2.75) is 33.7 Å². The first-order chi connectivity index (χ1) is 8.88. The number of nitrogens with one attached hydrogen (secondary N) is 1. The van der Waals surface area contributed by atoms with Gasteiger partial charge in [0.15, 0.2) is 11.5 Å². The first kappa shape index (κ1) is 13.7. The largest absolute Gasteiger partial charge is 0.486 e. The Kier molecular flexibility index (Phi) is 3.69. The van der Waals surface area contributed by atoms with E-state index in [1.54, 1.807) is 0 Å². The molecule has 2 rings (SSSR count). The molecule has 1 amide bonds. The fourth-order valence-electron chi connectivity index (χ4n) is 1.83. The zero-order valence-corrected chi connectivity index (χ0v) is 11.9. The van der Waals surface area contributed by atoms with Gasteiger partial charge < -0.3 is 14.8 Å². The molecule has 1 aliphatic rings. The third-order valence-electron chi connectivity index (χ3n) is 3.10. The maximum atomic E-state index is 12.0. The van der Waals surface area contributed by atoms with E-state index in [0.29, 0.717) is 13.2 Å². The highest BCUT2D eigenvalue weighted by Gasteiger charge is 2.23. The Bertz CT molecular complexity index is 477. The van der Waals surface area contributed by atoms with Crippen molar-refractivity contribution in [1.82, 2.24) is 5.32 Å². The van der Waals surface area contributed by atoms with Crippen LogP contribution in [-0.4, -0.2) is 19.1 Å². The second-order valence-electron chi connectivity index (χ2n) is 5.85. The molecule has 0 bridgehead atoms. The predicted octanol–water partition coefficient (Wildman–Crippen LogP) is 2.68. The van der Waals surface area contributed by atoms with E-state index < -0.39 is 0 Å². The summed E-state index contributed by atoms with van der Waals surface area (Å²) in [4.78, 5) is 12.0. The summed E-state index contributed by atoms with van der Waals surface area (Å²) in [6.07, 6.45) is 0. The summed E-state index contributed by atoms with van der Waals surface area (Å²) in [6, 6.07) is 5.73. The highest BCUT2D eigenvalue weighted by molar-refractivity contribution is 5.81. The van der Waals surface area contributed by atoms with Crippen molar-refractivity contribution in [2.75, 3.05) is 13.2 Å². The van der Waals surface area contributed by atoms with Crippen LogP contribution in [0, 0.1) is 5.41 Å². The number of ether oxygens (including phenoxy) is 2. The van der Waals surface area contributed by atoms with E-state index in [1.807, 2.05) is 45.9 Å². The minimum Gasteiger partial charge on any atom is -0.486 e. The van der Waals surface area contributed by atoms with E-state index in [1.165, 1.54) is 0 Å². The van der Waals surface area contributed by atoms with Crippen molar-refractivity contribution in [3.63, 3.8) is 0 Å². The topological polar surface area (TPSA) is 47.6 Å². The Morgan fingerprint density at radius 1 is 1.21 bits per heavy atom. The lowest BCUT2D eigenvalue weighted by molar-refractivity contribution is -0.129. The van der Waals surface area contributed by atoms with Crippen LogP contribution in [0.25, 0.3) is 0 Å². The number of carbonyl (C=O) groups is 1. The van der Waals surface area contributed by atoms with Gasteiger partial charge in [0.25, 0.3) is 0 Å². The van der Waals surface area contributed by atoms with Gasteiger partial charge >= 0.3 is 0 Å². The van der Waals surface area contributed by atoms with Crippen LogP contribution in [0.4, 0.5) is 0 Å². The molecule has 19 heavy (non-hydrogen) atoms. The Balaban J connectivity index is 2.11. The zero-order valence-electron chi connectivity index (χ0n) is 11.9. The van der Waals surface area contributed by atoms with Gasteiger partial charge in [-0.3, -0.25) is 4.79 Å². The van der Waals surface area contributed by atoms with Crippen molar-refractivity contribution in [3.8, 4) is 11.5 Å². The molecule has 0 unspecified atom stereocenters. The van der Waals surface area contributed by atoms with E-state index in [4.69, 9.17) is 9.47 Å². The minimum absolute atomic E-state index is 0.0369. The predicted molar refractivity (Wildman–Crippen MR) is 73.4 cm³/mol. The molecule has 0 spiro atoms. The smallest absolute Gasteiger partial charge is 0.225 e. The number of hydrogen-bond donors (Lipinski definition) is 1. The lowest BCUT2D eigenvalue weighted by Gasteiger charge is -2.24. The summed E-state index contributed by atoms with van der Waals surface area (Å²) in [5, 5.41) is 3.01. The third-order valence-corrected chi connectivity index (χ3v) is 3.10. The van der Waals surface area contributed by atoms with Gasteiger partial charge in [-0.25, -0.2) is 0 Å². The van der Waals surface area contributed by atoms with Gasteiger partial charge in [0.05, 0.1) is 6.04 Å². The molecule has 0 saturated carbocycles. The summed E-state index contributed by atoms with van der Waals surface area (Å²) in [7, 11) is 0. The molecule has 1 atom stereocenters. The summed E-state index contributed by atoms with van der Waals surface area (Å²) < 4.78 is 11.0. The van der Waals surface area contributed by atoms with Crippen molar-refractivity contribution in [3.05, 3.63) is 23.8 Å². The summed E-state index contributed by atoms with van der Waals surface area (Å²) >= 11 is 0. The van der Waals surface area contributed by atoms with Gasteiger partial charge in [-0.05, 0) is 24.6 Å². The van der Waals surface area contributed by atoms with Gasteiger partial charge in [0.2, 0.25) is 5.91 Å². The average molecular weight is 263 g/mol. The number of carbonyl (C=O) groups excluding carboxylic acids is 1. The van der Waals surface area contributed by atoms with Gasteiger partial charge in [0.1, 0.15) is 13.2 Å². The highest BCUT2D eigenvalue weighted by Crippen LogP contribution is 2.32. The Labute approximate surface area is 114 Å². The number of amides is 1. The standard InChI is InChI=1S/C15H21NO3/c1-10(16-14(17)15(2,3)4)11-5-6-12-13(9-11)19-8-7-18-12/h5-6,9-10H,7-8H2,1-4H3,(H,16,17)/t10-/m1/s1. The summed E-state index contributed by atoms with van der Waals surface area (Å²) in [5.41, 5.74) is 0.629. The Morgan fingerprint density at radius 3 is 2.47 bits per heavy atom. The van der Waals surface area contributed by atoms with Gasteiger partial charge in [0, 0.05) is 5.41 Å². The third kappa shape index (κ3) is 3.19. The molecule has 1 aromatic rings. The zero-order chi connectivity index (χ0) is 14.0. The monoisotopic (exact) mass is 263 g/mol. The van der Waals surface area contributed by atoms with Gasteiger partial charge in [-0.15, -0.1) is 0 Å². The van der Waals surface area contributed by atoms with Crippen molar-refractivity contribution in [2.24, 2.45) is 5.41 Å². The van der Waals surface area contributed by atoms with Crippen molar-refractivity contribution < 1.29 is 14.3 Å². The van der Waals surface area contributed by atoms with Gasteiger partial charge in [-0.1, -0.05) is 26.8 Å². The molecular formula is C15H21NO3. The van der Waals surface area contributed by atoms with Crippen LogP contribution < -0.4 is 14.8 Å². The molecule has 1 aromatic carbocycles. The van der Waals surface area contributed by atoms with Crippen LogP contribution in [0.5, 0.6) is 11.5 Å². The Morgan fingerprint density at radius 2 is 1.84 bits per heavy atom. The van der Waals surface area contributed by atoms with E-state index in [-0.39, 0.29) is 17.4 Å². The average Bonchev–Trinajstić information content (AvgIpc) is 2.37. The van der Waals surface area contributed by atoms with E-state index in [2.05, 4.69) is 5.32 Å². The molecule has 104 valence electrons. The molecule has 1 N–H and O–H groups in total. The van der Waals surface area contributed by atoms with Crippen LogP contribution in [0.1, 0.15) is 39.3 Å². The Hall–Kier alpha value is -1.71. The van der Waals surface area contributed by atoms with Crippen molar-refractivity contribution >= 4 is 5.91 Å². The van der Waals surface area contributed by atoms with Crippen LogP contribution in [0.15, 0.2) is 18.2 Å². The molecule has 1 heterocycles. The molecule has 4 heteroatoms. The number of rotatable bonds is 2. The molecule has 0 saturated heterocycles. The molecular weight excluding hydrogens is 242 g/mol. The molecule has 1 aliphatic heterocycles. The molecule has 0 aromatic heterocycles. The SMILES string of the molecule is C[C@@H](NC(=O)C(C)(C)C)c1ccc2c(c1)OCCO2.